The molecule has 0 saturated heterocycles. The van der Waals surface area contributed by atoms with Gasteiger partial charge in [-0.2, -0.15) is 0 Å². The summed E-state index contributed by atoms with van der Waals surface area (Å²) in [5.74, 6) is 0. The molecule has 4 aromatic rings. The van der Waals surface area contributed by atoms with E-state index in [0.717, 1.165) is 92.4 Å². The van der Waals surface area contributed by atoms with Crippen LogP contribution in [0.5, 0.6) is 0 Å². The molecule has 5 nitrogen and oxygen atoms in total. The smallest absolute Gasteiger partial charge is 0.0800 e. The Kier molecular flexibility index (Phi) is 14.0. The van der Waals surface area contributed by atoms with Crippen LogP contribution >= 0.6 is 0 Å². The van der Waals surface area contributed by atoms with Crippen molar-refractivity contribution in [1.82, 2.24) is 19.9 Å². The number of hydrogen-bond acceptors (Lipinski definition) is 3. The number of allylic oxidation sites excluding steroid dienone is 2. The van der Waals surface area contributed by atoms with Crippen molar-refractivity contribution in [2.75, 3.05) is 6.61 Å². The largest absolute Gasteiger partial charge is 0.374 e. The first-order valence-corrected chi connectivity index (χ1v) is 22.9. The molecule has 1 aromatic carbocycles. The minimum atomic E-state index is -0.238. The highest BCUT2D eigenvalue weighted by atomic mass is 16.5. The second-order valence-corrected chi connectivity index (χ2v) is 16.4. The SMILES string of the molecule is CCCCCCCCCCOC(C)c1ccc2c3nc(cc4[nH]c(cc5[nH]c(cc6nc2c1C6(CC)CC)c(CC)c5CC)c(CC)c4CC)C(CC)=C3CC. The number of rotatable bonds is 19. The summed E-state index contributed by atoms with van der Waals surface area (Å²) in [5.41, 5.74) is 20.0. The number of nitrogens with zero attached hydrogens (tertiary/aromatic N) is 2. The zero-order valence-electron chi connectivity index (χ0n) is 36.8. The van der Waals surface area contributed by atoms with Crippen LogP contribution in [0.25, 0.3) is 44.1 Å². The van der Waals surface area contributed by atoms with Gasteiger partial charge < -0.3 is 14.7 Å². The second kappa shape index (κ2) is 18.7. The number of H-pyrrole nitrogens is 2. The van der Waals surface area contributed by atoms with Gasteiger partial charge in [0, 0.05) is 39.5 Å². The third-order valence-corrected chi connectivity index (χ3v) is 13.4. The molecule has 0 amide bonds. The summed E-state index contributed by atoms with van der Waals surface area (Å²) in [6.07, 6.45) is 18.1. The predicted octanol–water partition coefficient (Wildman–Crippen LogP) is 14.8. The molecule has 6 rings (SSSR count). The van der Waals surface area contributed by atoms with Gasteiger partial charge in [-0.3, -0.25) is 4.98 Å². The molecule has 1 atom stereocenters. The van der Waals surface area contributed by atoms with Crippen LogP contribution < -0.4 is 0 Å². The molecule has 1 unspecified atom stereocenters. The van der Waals surface area contributed by atoms with E-state index >= 15 is 0 Å². The van der Waals surface area contributed by atoms with E-state index in [1.165, 1.54) is 112 Å². The molecule has 5 heterocycles. The zero-order valence-corrected chi connectivity index (χ0v) is 36.8. The average Bonchev–Trinajstić information content (AvgIpc) is 3.94. The fraction of sp³-hybridized carbons (Fsp3) is 0.569. The fourth-order valence-corrected chi connectivity index (χ4v) is 10.3. The molecule has 302 valence electrons. The molecule has 2 N–H and O–H groups in total. The van der Waals surface area contributed by atoms with Crippen LogP contribution in [0.15, 0.2) is 30.3 Å². The van der Waals surface area contributed by atoms with Crippen molar-refractivity contribution in [3.8, 4) is 0 Å². The number of benzene rings is 1. The standard InChI is InChI=1S/C51H72N4O/c1-11-20-21-22-23-24-25-26-29-56-33(10)40-27-28-41-49-39(17-7)38(16-6)45(54-49)31-44-35(13-3)34(12-2)42(52-44)30-43-36(14-4)37(15-5)46(53-43)32-47-51(18-8,19-9)48(40)50(41)55-47/h27-28,30-33,52-53H,11-26,29H2,1-10H3. The van der Waals surface area contributed by atoms with Gasteiger partial charge in [-0.15, -0.1) is 0 Å². The molecule has 2 aliphatic rings. The predicted molar refractivity (Wildman–Crippen MR) is 242 cm³/mol. The van der Waals surface area contributed by atoms with E-state index in [1.807, 2.05) is 0 Å². The lowest BCUT2D eigenvalue weighted by Crippen LogP contribution is -2.26. The van der Waals surface area contributed by atoms with Gasteiger partial charge in [0.1, 0.15) is 0 Å². The first-order valence-electron chi connectivity index (χ1n) is 22.9. The van der Waals surface area contributed by atoms with Crippen LogP contribution in [-0.2, 0) is 35.8 Å². The van der Waals surface area contributed by atoms with Gasteiger partial charge in [-0.05, 0) is 127 Å². The lowest BCUT2D eigenvalue weighted by Gasteiger charge is -2.31. The normalized spacial score (nSPS) is 14.5. The van der Waals surface area contributed by atoms with Crippen LogP contribution in [0.2, 0.25) is 0 Å². The van der Waals surface area contributed by atoms with Gasteiger partial charge >= 0.3 is 0 Å². The first kappa shape index (κ1) is 41.9. The first-order chi connectivity index (χ1) is 27.3. The molecule has 3 aromatic heterocycles. The van der Waals surface area contributed by atoms with Gasteiger partial charge in [-0.25, -0.2) is 4.98 Å². The van der Waals surface area contributed by atoms with E-state index in [9.17, 15) is 0 Å². The van der Waals surface area contributed by atoms with E-state index < -0.39 is 0 Å². The third-order valence-electron chi connectivity index (χ3n) is 13.4. The lowest BCUT2D eigenvalue weighted by molar-refractivity contribution is 0.0616. The Morgan fingerprint density at radius 3 is 1.66 bits per heavy atom. The highest BCUT2D eigenvalue weighted by molar-refractivity contribution is 6.02. The lowest BCUT2D eigenvalue weighted by atomic mass is 9.71. The average molecular weight is 757 g/mol. The Morgan fingerprint density at radius 1 is 0.589 bits per heavy atom. The van der Waals surface area contributed by atoms with Crippen LogP contribution in [0.3, 0.4) is 0 Å². The third kappa shape index (κ3) is 7.66. The fourth-order valence-electron chi connectivity index (χ4n) is 10.3. The van der Waals surface area contributed by atoms with Crippen LogP contribution in [0.4, 0.5) is 0 Å². The van der Waals surface area contributed by atoms with Crippen molar-refractivity contribution in [3.05, 3.63) is 80.8 Å². The van der Waals surface area contributed by atoms with Gasteiger partial charge in [0.2, 0.25) is 0 Å². The number of ether oxygens (including phenoxy) is 1. The Labute approximate surface area is 338 Å². The summed E-state index contributed by atoms with van der Waals surface area (Å²) < 4.78 is 6.75. The summed E-state index contributed by atoms with van der Waals surface area (Å²) in [4.78, 5) is 19.2. The van der Waals surface area contributed by atoms with Crippen LogP contribution in [0.1, 0.15) is 203 Å². The van der Waals surface area contributed by atoms with E-state index in [1.54, 1.807) is 0 Å². The molecule has 0 fully saturated rings. The van der Waals surface area contributed by atoms with Crippen molar-refractivity contribution in [2.45, 2.75) is 183 Å². The number of fused-ring (bicyclic) bond motifs is 8. The highest BCUT2D eigenvalue weighted by Gasteiger charge is 2.41. The Balaban J connectivity index is 1.63. The maximum Gasteiger partial charge on any atom is 0.0800 e. The van der Waals surface area contributed by atoms with Gasteiger partial charge in [0.25, 0.3) is 0 Å². The molecule has 0 spiro atoms. The maximum atomic E-state index is 6.75. The number of aryl methyl sites for hydroxylation is 4. The molecule has 0 saturated carbocycles. The number of hydrogen-bond donors (Lipinski definition) is 2. The van der Waals surface area contributed by atoms with Crippen molar-refractivity contribution in [3.63, 3.8) is 0 Å². The topological polar surface area (TPSA) is 66.6 Å². The number of nitrogens with one attached hydrogen (secondary N) is 2. The molecule has 56 heavy (non-hydrogen) atoms. The Bertz CT molecular complexity index is 2190. The van der Waals surface area contributed by atoms with E-state index in [-0.39, 0.29) is 11.5 Å². The van der Waals surface area contributed by atoms with E-state index in [4.69, 9.17) is 14.7 Å². The Morgan fingerprint density at radius 2 is 1.12 bits per heavy atom. The summed E-state index contributed by atoms with van der Waals surface area (Å²) in [6.45, 7) is 23.8. The van der Waals surface area contributed by atoms with Gasteiger partial charge in [0.05, 0.1) is 28.7 Å². The summed E-state index contributed by atoms with van der Waals surface area (Å²) in [6, 6.07) is 11.9. The molecule has 5 heteroatoms. The highest BCUT2D eigenvalue weighted by Crippen LogP contribution is 2.50. The molecule has 0 radical (unpaired) electrons. The molecule has 2 aliphatic heterocycles. The van der Waals surface area contributed by atoms with E-state index in [0.29, 0.717) is 0 Å². The van der Waals surface area contributed by atoms with Crippen LogP contribution in [-0.4, -0.2) is 26.5 Å². The van der Waals surface area contributed by atoms with Crippen LogP contribution in [0, 0.1) is 0 Å². The van der Waals surface area contributed by atoms with Gasteiger partial charge in [-0.1, -0.05) is 119 Å². The van der Waals surface area contributed by atoms with Crippen molar-refractivity contribution in [2.24, 2.45) is 0 Å². The minimum Gasteiger partial charge on any atom is -0.374 e. The molecule has 0 aliphatic carbocycles. The summed E-state index contributed by atoms with van der Waals surface area (Å²) in [7, 11) is 0. The minimum absolute atomic E-state index is 0.0245. The number of aromatic amines is 2. The summed E-state index contributed by atoms with van der Waals surface area (Å²) in [5, 5.41) is 1.16. The summed E-state index contributed by atoms with van der Waals surface area (Å²) >= 11 is 0. The molecule has 8 bridgehead atoms. The Hall–Kier alpha value is -3.70. The van der Waals surface area contributed by atoms with E-state index in [2.05, 4.69) is 110 Å². The number of unbranched alkanes of at least 4 members (excludes halogenated alkanes) is 7. The van der Waals surface area contributed by atoms with Crippen molar-refractivity contribution < 1.29 is 4.74 Å². The molecular weight excluding hydrogens is 685 g/mol. The second-order valence-electron chi connectivity index (χ2n) is 16.4. The number of aromatic nitrogens is 4. The monoisotopic (exact) mass is 757 g/mol. The maximum absolute atomic E-state index is 6.75. The van der Waals surface area contributed by atoms with Crippen molar-refractivity contribution in [1.29, 1.82) is 0 Å². The quantitative estimate of drug-likeness (QED) is 0.0936. The zero-order chi connectivity index (χ0) is 40.0. The van der Waals surface area contributed by atoms with Crippen molar-refractivity contribution >= 4 is 44.1 Å². The van der Waals surface area contributed by atoms with Gasteiger partial charge in [0.15, 0.2) is 0 Å². The molecular formula is C51H72N4O.